The molecule has 0 heterocycles. The van der Waals surface area contributed by atoms with Crippen molar-refractivity contribution >= 4 is 82.3 Å². The van der Waals surface area contributed by atoms with Crippen LogP contribution < -0.4 is 14.0 Å². The van der Waals surface area contributed by atoms with Crippen molar-refractivity contribution in [2.24, 2.45) is 0 Å². The Bertz CT molecular complexity index is 665. The van der Waals surface area contributed by atoms with Crippen molar-refractivity contribution in [3.8, 4) is 11.5 Å². The summed E-state index contributed by atoms with van der Waals surface area (Å²) in [5.41, 5.74) is 0. The first-order valence-corrected chi connectivity index (χ1v) is 9.16. The molecule has 0 radical (unpaired) electrons. The maximum atomic E-state index is 10.6. The van der Waals surface area contributed by atoms with Crippen molar-refractivity contribution in [1.82, 2.24) is 0 Å². The Balaban J connectivity index is 3.39. The van der Waals surface area contributed by atoms with Crippen LogP contribution in [0, 0.1) is 0 Å². The summed E-state index contributed by atoms with van der Waals surface area (Å²) in [5.74, 6) is -0.922. The van der Waals surface area contributed by atoms with Gasteiger partial charge in [0.1, 0.15) is 0 Å². The van der Waals surface area contributed by atoms with Crippen LogP contribution in [0.25, 0.3) is 0 Å². The van der Waals surface area contributed by atoms with E-state index in [1.807, 2.05) is 0 Å². The molecule has 0 fully saturated rings. The summed E-state index contributed by atoms with van der Waals surface area (Å²) >= 11 is 0.873. The molecule has 0 unspecified atom stereocenters. The van der Waals surface area contributed by atoms with Gasteiger partial charge >= 0.3 is 140 Å². The second-order valence-corrected chi connectivity index (χ2v) is 7.71. The van der Waals surface area contributed by atoms with Gasteiger partial charge in [-0.1, -0.05) is 0 Å². The van der Waals surface area contributed by atoms with Crippen LogP contribution in [0.5, 0.6) is 11.5 Å². The third-order valence-corrected chi connectivity index (χ3v) is 3.86. The molecule has 0 aromatic heterocycles. The molecule has 1 rings (SSSR count). The molecule has 0 aliphatic carbocycles. The summed E-state index contributed by atoms with van der Waals surface area (Å²) in [6, 6.07) is 2.80. The molecule has 18 heavy (non-hydrogen) atoms. The van der Waals surface area contributed by atoms with Gasteiger partial charge in [-0.15, -0.1) is 0 Å². The molecule has 8 nitrogen and oxygen atoms in total. The van der Waals surface area contributed by atoms with E-state index in [4.69, 9.17) is 9.11 Å². The molecule has 0 aliphatic heterocycles. The predicted octanol–water partition coefficient (Wildman–Crippen LogP) is -2.36. The van der Waals surface area contributed by atoms with Gasteiger partial charge in [-0.3, -0.25) is 0 Å². The van der Waals surface area contributed by atoms with Crippen molar-refractivity contribution in [3.05, 3.63) is 12.1 Å². The Hall–Kier alpha value is 0.640. The molecule has 1 aromatic rings. The van der Waals surface area contributed by atoms with Crippen molar-refractivity contribution in [2.45, 2.75) is 0 Å². The number of benzene rings is 1. The molecule has 0 aliphatic rings. The van der Waals surface area contributed by atoms with Crippen LogP contribution in [0.1, 0.15) is 0 Å². The van der Waals surface area contributed by atoms with Gasteiger partial charge in [0.15, 0.2) is 0 Å². The normalized spacial score (nSPS) is 12.3. The van der Waals surface area contributed by atoms with E-state index in [2.05, 4.69) is 8.37 Å². The average Bonchev–Trinajstić information content (AvgIpc) is 2.06. The summed E-state index contributed by atoms with van der Waals surface area (Å²) in [7, 11) is -9.63. The average molecular weight is 314 g/mol. The van der Waals surface area contributed by atoms with Gasteiger partial charge in [-0.25, -0.2) is 0 Å². The van der Waals surface area contributed by atoms with Gasteiger partial charge in [-0.2, -0.15) is 0 Å². The van der Waals surface area contributed by atoms with E-state index in [1.165, 1.54) is 6.07 Å². The number of hydrogen-bond acceptors (Lipinski definition) is 6. The van der Waals surface area contributed by atoms with Crippen LogP contribution >= 0.6 is 0 Å². The number of rotatable bonds is 4. The SMILES string of the molecule is O=S(=O)(O)Oc1c[c]([Na])c[c]([Na])c1OS(=O)(=O)O. The van der Waals surface area contributed by atoms with Crippen molar-refractivity contribution in [2.75, 3.05) is 0 Å². The third kappa shape index (κ3) is 5.74. The minimum atomic E-state index is -4.81. The molecule has 0 bridgehead atoms. The predicted molar refractivity (Wildman–Crippen MR) is 61.6 cm³/mol. The van der Waals surface area contributed by atoms with E-state index in [1.54, 1.807) is 6.07 Å². The fraction of sp³-hybridized carbons (Fsp3) is 0. The Morgan fingerprint density at radius 2 is 1.44 bits per heavy atom. The molecule has 0 amide bonds. The topological polar surface area (TPSA) is 127 Å². The van der Waals surface area contributed by atoms with Crippen LogP contribution in [-0.4, -0.2) is 81.8 Å². The molecule has 0 saturated carbocycles. The van der Waals surface area contributed by atoms with Crippen molar-refractivity contribution in [1.29, 1.82) is 0 Å². The van der Waals surface area contributed by atoms with Crippen molar-refractivity contribution < 1.29 is 34.3 Å². The molecular formula is C6H4Na2O8S2. The summed E-state index contributed by atoms with van der Waals surface area (Å²) in [5, 5.41) is 0. The van der Waals surface area contributed by atoms with Crippen LogP contribution in [-0.2, 0) is 20.8 Å². The molecule has 12 heteroatoms. The van der Waals surface area contributed by atoms with E-state index in [9.17, 15) is 16.8 Å². The Morgan fingerprint density at radius 1 is 0.944 bits per heavy atom. The van der Waals surface area contributed by atoms with E-state index in [0.29, 0.717) is 61.5 Å². The first kappa shape index (κ1) is 16.7. The molecule has 90 valence electrons. The zero-order valence-electron chi connectivity index (χ0n) is 9.32. The van der Waals surface area contributed by atoms with Crippen LogP contribution in [0.15, 0.2) is 12.1 Å². The Kier molecular flexibility index (Phi) is 5.52. The molecule has 0 saturated heterocycles. The van der Waals surface area contributed by atoms with E-state index >= 15 is 0 Å². The maximum absolute atomic E-state index is 10.6. The van der Waals surface area contributed by atoms with Gasteiger partial charge in [0, 0.05) is 0 Å². The van der Waals surface area contributed by atoms with Gasteiger partial charge < -0.3 is 0 Å². The van der Waals surface area contributed by atoms with E-state index < -0.39 is 32.3 Å². The van der Waals surface area contributed by atoms with Gasteiger partial charge in [0.05, 0.1) is 0 Å². The molecule has 0 spiro atoms. The number of hydrogen-bond donors (Lipinski definition) is 2. The summed E-state index contributed by atoms with van der Waals surface area (Å²) in [6.45, 7) is 0. The second kappa shape index (κ2) is 5.95. The Morgan fingerprint density at radius 3 is 1.89 bits per heavy atom. The molecule has 2 N–H and O–H groups in total. The monoisotopic (exact) mass is 314 g/mol. The Labute approximate surface area is 138 Å². The first-order chi connectivity index (χ1) is 7.98. The standard InChI is InChI=1S/C6H4O8S2.2Na/c7-15(8,9)13-5-3-1-2-4-6(5)14-16(10,11)12;;/h1,4H,(H,7,8,9)(H,10,11,12);;. The zero-order chi connectivity index (χ0) is 14.1. The van der Waals surface area contributed by atoms with Gasteiger partial charge in [0.25, 0.3) is 0 Å². The third-order valence-electron chi connectivity index (χ3n) is 1.77. The first-order valence-electron chi connectivity index (χ1n) is 4.43. The van der Waals surface area contributed by atoms with Crippen LogP contribution in [0.2, 0.25) is 0 Å². The quantitative estimate of drug-likeness (QED) is 0.466. The second-order valence-electron chi connectivity index (χ2n) is 3.43. The fourth-order valence-electron chi connectivity index (χ4n) is 1.30. The molecular weight excluding hydrogens is 310 g/mol. The summed E-state index contributed by atoms with van der Waals surface area (Å²) in [4.78, 5) is 0. The van der Waals surface area contributed by atoms with E-state index in [0.717, 1.165) is 0 Å². The van der Waals surface area contributed by atoms with Crippen LogP contribution in [0.3, 0.4) is 0 Å². The zero-order valence-corrected chi connectivity index (χ0v) is 14.9. The minimum absolute atomic E-state index is 0.323. The van der Waals surface area contributed by atoms with Crippen molar-refractivity contribution in [3.63, 3.8) is 0 Å². The summed E-state index contributed by atoms with van der Waals surface area (Å²) in [6.07, 6.45) is 0. The van der Waals surface area contributed by atoms with E-state index in [-0.39, 0.29) is 0 Å². The molecule has 0 atom stereocenters. The molecule has 1 aromatic carbocycles. The van der Waals surface area contributed by atoms with Crippen LogP contribution in [0.4, 0.5) is 0 Å². The van der Waals surface area contributed by atoms with Gasteiger partial charge in [-0.05, 0) is 0 Å². The van der Waals surface area contributed by atoms with Gasteiger partial charge in [0.2, 0.25) is 0 Å². The summed E-state index contributed by atoms with van der Waals surface area (Å²) < 4.78 is 69.3. The fourth-order valence-corrected chi connectivity index (χ4v) is 4.30.